The second-order valence-electron chi connectivity index (χ2n) is 4.82. The summed E-state index contributed by atoms with van der Waals surface area (Å²) < 4.78 is 2.82. The number of carbonyl (C=O) groups is 1. The van der Waals surface area contributed by atoms with Crippen LogP contribution in [0.15, 0.2) is 12.4 Å². The van der Waals surface area contributed by atoms with Crippen molar-refractivity contribution < 1.29 is 4.79 Å². The topological polar surface area (TPSA) is 38.1 Å². The third-order valence-electron chi connectivity index (χ3n) is 3.42. The molecule has 1 aliphatic heterocycles. The summed E-state index contributed by atoms with van der Waals surface area (Å²) in [5, 5.41) is 4.21. The Balaban J connectivity index is 2.00. The Hall–Kier alpha value is -0.590. The summed E-state index contributed by atoms with van der Waals surface area (Å²) in [6.07, 6.45) is 5.93. The highest BCUT2D eigenvalue weighted by Crippen LogP contribution is 2.19. The lowest BCUT2D eigenvalue weighted by molar-refractivity contribution is -0.135. The predicted molar refractivity (Wildman–Crippen MR) is 74.6 cm³/mol. The van der Waals surface area contributed by atoms with E-state index in [0.29, 0.717) is 0 Å². The van der Waals surface area contributed by atoms with Crippen LogP contribution in [0, 0.1) is 9.49 Å². The van der Waals surface area contributed by atoms with Gasteiger partial charge in [-0.05, 0) is 48.3 Å². The molecule has 1 aliphatic rings. The Morgan fingerprint density at radius 2 is 2.18 bits per heavy atom. The summed E-state index contributed by atoms with van der Waals surface area (Å²) in [6.45, 7) is 5.95. The van der Waals surface area contributed by atoms with E-state index in [2.05, 4.69) is 34.6 Å². The third-order valence-corrected chi connectivity index (χ3v) is 3.98. The first kappa shape index (κ1) is 12.9. The van der Waals surface area contributed by atoms with Crippen molar-refractivity contribution in [2.24, 2.45) is 5.92 Å². The Kier molecular flexibility index (Phi) is 4.06. The van der Waals surface area contributed by atoms with Gasteiger partial charge in [0.1, 0.15) is 6.04 Å². The van der Waals surface area contributed by atoms with E-state index in [1.165, 1.54) is 0 Å². The summed E-state index contributed by atoms with van der Waals surface area (Å²) in [7, 11) is 0. The number of piperidine rings is 1. The van der Waals surface area contributed by atoms with Gasteiger partial charge >= 0.3 is 0 Å². The van der Waals surface area contributed by atoms with Crippen molar-refractivity contribution in [2.45, 2.75) is 32.7 Å². The van der Waals surface area contributed by atoms with Crippen LogP contribution in [0.4, 0.5) is 0 Å². The summed E-state index contributed by atoms with van der Waals surface area (Å²) in [5.41, 5.74) is 0. The highest BCUT2D eigenvalue weighted by molar-refractivity contribution is 14.1. The molecule has 1 aromatic heterocycles. The van der Waals surface area contributed by atoms with E-state index in [1.807, 2.05) is 18.0 Å². The van der Waals surface area contributed by atoms with Gasteiger partial charge in [-0.25, -0.2) is 0 Å². The molecule has 1 unspecified atom stereocenters. The number of aromatic nitrogens is 2. The molecule has 0 aromatic carbocycles. The molecule has 0 N–H and O–H groups in total. The molecule has 0 bridgehead atoms. The molecule has 0 saturated carbocycles. The van der Waals surface area contributed by atoms with Gasteiger partial charge in [0.15, 0.2) is 0 Å². The van der Waals surface area contributed by atoms with Gasteiger partial charge in [0.2, 0.25) is 5.91 Å². The molecule has 17 heavy (non-hydrogen) atoms. The third kappa shape index (κ3) is 3.00. The fourth-order valence-electron chi connectivity index (χ4n) is 2.13. The lowest BCUT2D eigenvalue weighted by Gasteiger charge is -2.32. The van der Waals surface area contributed by atoms with Crippen LogP contribution in [0.2, 0.25) is 0 Å². The van der Waals surface area contributed by atoms with Crippen LogP contribution >= 0.6 is 22.6 Å². The largest absolute Gasteiger partial charge is 0.341 e. The van der Waals surface area contributed by atoms with Crippen molar-refractivity contribution in [3.05, 3.63) is 16.0 Å². The Morgan fingerprint density at radius 1 is 1.53 bits per heavy atom. The normalized spacial score (nSPS) is 19.4. The van der Waals surface area contributed by atoms with Crippen LogP contribution in [-0.4, -0.2) is 33.7 Å². The molecule has 0 aliphatic carbocycles. The smallest absolute Gasteiger partial charge is 0.247 e. The zero-order valence-electron chi connectivity index (χ0n) is 10.3. The molecule has 0 spiro atoms. The maximum absolute atomic E-state index is 12.3. The molecular formula is C12H18IN3O. The average molecular weight is 347 g/mol. The molecule has 1 amide bonds. The van der Waals surface area contributed by atoms with Gasteiger partial charge in [-0.1, -0.05) is 6.92 Å². The molecule has 0 radical (unpaired) electrons. The van der Waals surface area contributed by atoms with E-state index in [1.54, 1.807) is 10.9 Å². The number of nitrogens with zero attached hydrogens (tertiary/aromatic N) is 3. The highest BCUT2D eigenvalue weighted by Gasteiger charge is 2.25. The zero-order valence-corrected chi connectivity index (χ0v) is 12.4. The van der Waals surface area contributed by atoms with Crippen molar-refractivity contribution in [3.63, 3.8) is 0 Å². The first-order valence-electron chi connectivity index (χ1n) is 6.06. The number of halogens is 1. The monoisotopic (exact) mass is 347 g/mol. The number of carbonyl (C=O) groups excluding carboxylic acids is 1. The Morgan fingerprint density at radius 3 is 2.71 bits per heavy atom. The minimum Gasteiger partial charge on any atom is -0.341 e. The number of likely N-dealkylation sites (tertiary alicyclic amines) is 1. The van der Waals surface area contributed by atoms with Gasteiger partial charge in [-0.3, -0.25) is 9.48 Å². The predicted octanol–water partition coefficient (Wildman–Crippen LogP) is 2.31. The van der Waals surface area contributed by atoms with E-state index < -0.39 is 0 Å². The van der Waals surface area contributed by atoms with Crippen LogP contribution in [0.1, 0.15) is 32.7 Å². The van der Waals surface area contributed by atoms with E-state index in [0.717, 1.165) is 35.4 Å². The Bertz CT molecular complexity index is 396. The molecule has 4 nitrogen and oxygen atoms in total. The minimum atomic E-state index is -0.188. The van der Waals surface area contributed by atoms with Gasteiger partial charge < -0.3 is 4.90 Å². The summed E-state index contributed by atoms with van der Waals surface area (Å²) in [5.74, 6) is 0.941. The van der Waals surface area contributed by atoms with Crippen molar-refractivity contribution in [2.75, 3.05) is 13.1 Å². The van der Waals surface area contributed by atoms with Crippen LogP contribution in [0.25, 0.3) is 0 Å². The van der Waals surface area contributed by atoms with Crippen LogP contribution in [-0.2, 0) is 4.79 Å². The average Bonchev–Trinajstić information content (AvgIpc) is 2.75. The van der Waals surface area contributed by atoms with E-state index in [4.69, 9.17) is 0 Å². The first-order valence-corrected chi connectivity index (χ1v) is 7.14. The van der Waals surface area contributed by atoms with Gasteiger partial charge in [0.05, 0.1) is 9.77 Å². The molecule has 1 saturated heterocycles. The fraction of sp³-hybridized carbons (Fsp3) is 0.667. The number of rotatable bonds is 2. The summed E-state index contributed by atoms with van der Waals surface area (Å²) in [6, 6.07) is -0.188. The fourth-order valence-corrected chi connectivity index (χ4v) is 2.54. The molecule has 1 atom stereocenters. The molecule has 1 fully saturated rings. The van der Waals surface area contributed by atoms with E-state index in [-0.39, 0.29) is 11.9 Å². The van der Waals surface area contributed by atoms with Gasteiger partial charge in [0, 0.05) is 19.3 Å². The van der Waals surface area contributed by atoms with Gasteiger partial charge in [-0.2, -0.15) is 5.10 Å². The SMILES string of the molecule is CC1CCN(C(=O)C(C)n2cc(I)cn2)CC1. The Labute approximate surface area is 116 Å². The minimum absolute atomic E-state index is 0.188. The lowest BCUT2D eigenvalue weighted by atomic mass is 9.99. The summed E-state index contributed by atoms with van der Waals surface area (Å²) >= 11 is 2.21. The van der Waals surface area contributed by atoms with Crippen LogP contribution in [0.5, 0.6) is 0 Å². The van der Waals surface area contributed by atoms with Gasteiger partial charge in [0.25, 0.3) is 0 Å². The molecular weight excluding hydrogens is 329 g/mol. The molecule has 2 heterocycles. The molecule has 1 aromatic rings. The maximum Gasteiger partial charge on any atom is 0.247 e. The molecule has 5 heteroatoms. The van der Waals surface area contributed by atoms with Crippen molar-refractivity contribution >= 4 is 28.5 Å². The van der Waals surface area contributed by atoms with Crippen LogP contribution in [0.3, 0.4) is 0 Å². The maximum atomic E-state index is 12.3. The second-order valence-corrected chi connectivity index (χ2v) is 6.07. The van der Waals surface area contributed by atoms with Gasteiger partial charge in [-0.15, -0.1) is 0 Å². The van der Waals surface area contributed by atoms with Crippen molar-refractivity contribution in [3.8, 4) is 0 Å². The number of hydrogen-bond acceptors (Lipinski definition) is 2. The zero-order chi connectivity index (χ0) is 12.4. The van der Waals surface area contributed by atoms with Crippen molar-refractivity contribution in [1.82, 2.24) is 14.7 Å². The first-order chi connectivity index (χ1) is 8.08. The standard InChI is InChI=1S/C12H18IN3O/c1-9-3-5-15(6-4-9)12(17)10(2)16-8-11(13)7-14-16/h7-10H,3-6H2,1-2H3. The molecule has 94 valence electrons. The van der Waals surface area contributed by atoms with Crippen LogP contribution < -0.4 is 0 Å². The van der Waals surface area contributed by atoms with E-state index >= 15 is 0 Å². The second kappa shape index (κ2) is 5.37. The number of amides is 1. The van der Waals surface area contributed by atoms with Crippen molar-refractivity contribution in [1.29, 1.82) is 0 Å². The summed E-state index contributed by atoms with van der Waals surface area (Å²) in [4.78, 5) is 14.2. The number of hydrogen-bond donors (Lipinski definition) is 0. The molecule has 2 rings (SSSR count). The lowest BCUT2D eigenvalue weighted by Crippen LogP contribution is -2.41. The highest BCUT2D eigenvalue weighted by atomic mass is 127. The quantitative estimate of drug-likeness (QED) is 0.770. The van der Waals surface area contributed by atoms with E-state index in [9.17, 15) is 4.79 Å².